The van der Waals surface area contributed by atoms with Crippen LogP contribution in [0.15, 0.2) is 29.8 Å². The molecule has 0 bridgehead atoms. The van der Waals surface area contributed by atoms with Crippen LogP contribution in [0.3, 0.4) is 0 Å². The Hall–Kier alpha value is -1.28. The summed E-state index contributed by atoms with van der Waals surface area (Å²) < 4.78 is 6.11. The second-order valence-corrected chi connectivity index (χ2v) is 7.01. The van der Waals surface area contributed by atoms with E-state index in [0.717, 1.165) is 30.6 Å². The van der Waals surface area contributed by atoms with Gasteiger partial charge in [0, 0.05) is 12.0 Å². The van der Waals surface area contributed by atoms with Crippen LogP contribution in [0.1, 0.15) is 69.6 Å². The Morgan fingerprint density at radius 2 is 1.95 bits per heavy atom. The van der Waals surface area contributed by atoms with Crippen LogP contribution < -0.4 is 4.74 Å². The fourth-order valence-electron chi connectivity index (χ4n) is 3.52. The SMILES string of the molecule is CC1(C)Cc2cccc(C(O)/C3=C/CCCCCC3)c2O1. The second-order valence-electron chi connectivity index (χ2n) is 7.01. The van der Waals surface area contributed by atoms with E-state index in [1.54, 1.807) is 0 Å². The molecule has 0 saturated carbocycles. The van der Waals surface area contributed by atoms with Crippen LogP contribution in [-0.2, 0) is 6.42 Å². The van der Waals surface area contributed by atoms with E-state index in [9.17, 15) is 5.11 Å². The predicted molar refractivity (Wildman–Crippen MR) is 85.6 cm³/mol. The molecule has 0 aromatic heterocycles. The van der Waals surface area contributed by atoms with E-state index in [0.29, 0.717) is 0 Å². The maximum absolute atomic E-state index is 10.8. The predicted octanol–water partition coefficient (Wildman–Crippen LogP) is 4.71. The number of benzene rings is 1. The van der Waals surface area contributed by atoms with Gasteiger partial charge in [-0.1, -0.05) is 37.1 Å². The number of hydrogen-bond acceptors (Lipinski definition) is 2. The van der Waals surface area contributed by atoms with Crippen LogP contribution in [0.4, 0.5) is 0 Å². The van der Waals surface area contributed by atoms with Crippen molar-refractivity contribution in [2.24, 2.45) is 0 Å². The fourth-order valence-corrected chi connectivity index (χ4v) is 3.52. The number of ether oxygens (including phenoxy) is 1. The minimum Gasteiger partial charge on any atom is -0.487 e. The van der Waals surface area contributed by atoms with Crippen molar-refractivity contribution in [3.63, 3.8) is 0 Å². The van der Waals surface area contributed by atoms with E-state index in [2.05, 4.69) is 26.0 Å². The van der Waals surface area contributed by atoms with Gasteiger partial charge in [-0.15, -0.1) is 0 Å². The average Bonchev–Trinajstić information content (AvgIpc) is 2.71. The first-order valence-electron chi connectivity index (χ1n) is 8.25. The highest BCUT2D eigenvalue weighted by Gasteiger charge is 2.33. The lowest BCUT2D eigenvalue weighted by molar-refractivity contribution is 0.130. The summed E-state index contributed by atoms with van der Waals surface area (Å²) in [4.78, 5) is 0. The molecule has 1 aromatic rings. The summed E-state index contributed by atoms with van der Waals surface area (Å²) in [6.07, 6.45) is 9.79. The summed E-state index contributed by atoms with van der Waals surface area (Å²) in [7, 11) is 0. The lowest BCUT2D eigenvalue weighted by Crippen LogP contribution is -2.25. The molecule has 1 heterocycles. The van der Waals surface area contributed by atoms with Crippen LogP contribution in [0.5, 0.6) is 5.75 Å². The van der Waals surface area contributed by atoms with Crippen LogP contribution in [0.2, 0.25) is 0 Å². The van der Waals surface area contributed by atoms with E-state index in [1.807, 2.05) is 12.1 Å². The monoisotopic (exact) mass is 286 g/mol. The largest absolute Gasteiger partial charge is 0.487 e. The summed E-state index contributed by atoms with van der Waals surface area (Å²) in [5.74, 6) is 0.915. The summed E-state index contributed by atoms with van der Waals surface area (Å²) in [6, 6.07) is 6.18. The quantitative estimate of drug-likeness (QED) is 0.797. The zero-order chi connectivity index (χ0) is 14.9. The first kappa shape index (κ1) is 14.6. The van der Waals surface area contributed by atoms with Gasteiger partial charge in [-0.3, -0.25) is 0 Å². The van der Waals surface area contributed by atoms with Crippen LogP contribution in [0, 0.1) is 0 Å². The Morgan fingerprint density at radius 3 is 2.81 bits per heavy atom. The maximum Gasteiger partial charge on any atom is 0.129 e. The molecule has 1 atom stereocenters. The molecule has 0 saturated heterocycles. The highest BCUT2D eigenvalue weighted by Crippen LogP contribution is 2.42. The van der Waals surface area contributed by atoms with Crippen LogP contribution >= 0.6 is 0 Å². The second kappa shape index (κ2) is 5.84. The summed E-state index contributed by atoms with van der Waals surface area (Å²) in [5, 5.41) is 10.8. The lowest BCUT2D eigenvalue weighted by Gasteiger charge is -2.22. The van der Waals surface area contributed by atoms with Gasteiger partial charge in [-0.25, -0.2) is 0 Å². The Labute approximate surface area is 127 Å². The Kier molecular flexibility index (Phi) is 4.08. The number of para-hydroxylation sites is 1. The van der Waals surface area contributed by atoms with E-state index in [4.69, 9.17) is 4.74 Å². The Morgan fingerprint density at radius 1 is 1.14 bits per heavy atom. The smallest absolute Gasteiger partial charge is 0.129 e. The molecular formula is C19H26O2. The van der Waals surface area contributed by atoms with Crippen molar-refractivity contribution in [1.29, 1.82) is 0 Å². The third-order valence-electron chi connectivity index (χ3n) is 4.59. The molecule has 3 rings (SSSR count). The minimum absolute atomic E-state index is 0.159. The zero-order valence-corrected chi connectivity index (χ0v) is 13.2. The van der Waals surface area contributed by atoms with Crippen molar-refractivity contribution in [2.75, 3.05) is 0 Å². The number of allylic oxidation sites excluding steroid dienone is 1. The molecule has 0 radical (unpaired) electrons. The zero-order valence-electron chi connectivity index (χ0n) is 13.2. The molecule has 2 aliphatic rings. The first-order chi connectivity index (χ1) is 10.1. The average molecular weight is 286 g/mol. The normalized spacial score (nSPS) is 25.0. The summed E-state index contributed by atoms with van der Waals surface area (Å²) >= 11 is 0. The third-order valence-corrected chi connectivity index (χ3v) is 4.59. The van der Waals surface area contributed by atoms with Gasteiger partial charge in [0.1, 0.15) is 17.5 Å². The molecule has 2 heteroatoms. The molecule has 1 aromatic carbocycles. The van der Waals surface area contributed by atoms with Gasteiger partial charge < -0.3 is 9.84 Å². The lowest BCUT2D eigenvalue weighted by atomic mass is 9.91. The number of aliphatic hydroxyl groups excluding tert-OH is 1. The van der Waals surface area contributed by atoms with E-state index in [1.165, 1.54) is 36.8 Å². The van der Waals surface area contributed by atoms with Gasteiger partial charge >= 0.3 is 0 Å². The van der Waals surface area contributed by atoms with Crippen molar-refractivity contribution in [2.45, 2.75) is 70.5 Å². The molecule has 1 unspecified atom stereocenters. The molecule has 1 N–H and O–H groups in total. The molecule has 1 aliphatic heterocycles. The fraction of sp³-hybridized carbons (Fsp3) is 0.579. The molecule has 1 aliphatic carbocycles. The van der Waals surface area contributed by atoms with Crippen molar-refractivity contribution in [3.05, 3.63) is 41.0 Å². The van der Waals surface area contributed by atoms with E-state index < -0.39 is 6.10 Å². The highest BCUT2D eigenvalue weighted by molar-refractivity contribution is 5.48. The van der Waals surface area contributed by atoms with Gasteiger partial charge in [0.05, 0.1) is 0 Å². The highest BCUT2D eigenvalue weighted by atomic mass is 16.5. The molecular weight excluding hydrogens is 260 g/mol. The summed E-state index contributed by atoms with van der Waals surface area (Å²) in [6.45, 7) is 4.22. The summed E-state index contributed by atoms with van der Waals surface area (Å²) in [5.41, 5.74) is 3.19. The number of rotatable bonds is 2. The standard InChI is InChI=1S/C19H26O2/c1-19(2)13-15-11-8-12-16(18(15)21-19)17(20)14-9-6-4-3-5-7-10-14/h8-9,11-12,17,20H,3-7,10,13H2,1-2H3/b14-9+. The molecule has 114 valence electrons. The van der Waals surface area contributed by atoms with Crippen LogP contribution in [0.25, 0.3) is 0 Å². The number of fused-ring (bicyclic) bond motifs is 1. The van der Waals surface area contributed by atoms with Gasteiger partial charge in [0.25, 0.3) is 0 Å². The maximum atomic E-state index is 10.8. The van der Waals surface area contributed by atoms with Crippen molar-refractivity contribution in [1.82, 2.24) is 0 Å². The Bertz CT molecular complexity index is 542. The van der Waals surface area contributed by atoms with Crippen LogP contribution in [-0.4, -0.2) is 10.7 Å². The van der Waals surface area contributed by atoms with E-state index in [-0.39, 0.29) is 5.60 Å². The third kappa shape index (κ3) is 3.16. The van der Waals surface area contributed by atoms with Gasteiger partial charge in [0.2, 0.25) is 0 Å². The van der Waals surface area contributed by atoms with Gasteiger partial charge in [-0.05, 0) is 50.7 Å². The van der Waals surface area contributed by atoms with Crippen molar-refractivity contribution >= 4 is 0 Å². The Balaban J connectivity index is 1.89. The van der Waals surface area contributed by atoms with Gasteiger partial charge in [-0.2, -0.15) is 0 Å². The van der Waals surface area contributed by atoms with E-state index >= 15 is 0 Å². The molecule has 0 amide bonds. The topological polar surface area (TPSA) is 29.5 Å². The molecule has 2 nitrogen and oxygen atoms in total. The molecule has 0 spiro atoms. The van der Waals surface area contributed by atoms with Gasteiger partial charge in [0.15, 0.2) is 0 Å². The van der Waals surface area contributed by atoms with Crippen molar-refractivity contribution in [3.8, 4) is 5.75 Å². The molecule has 0 fully saturated rings. The number of hydrogen-bond donors (Lipinski definition) is 1. The minimum atomic E-state index is -0.507. The number of aliphatic hydroxyl groups is 1. The van der Waals surface area contributed by atoms with Crippen molar-refractivity contribution < 1.29 is 9.84 Å². The first-order valence-corrected chi connectivity index (χ1v) is 8.25. The molecule has 21 heavy (non-hydrogen) atoms.